The zero-order valence-corrected chi connectivity index (χ0v) is 11.0. The molecule has 0 aliphatic carbocycles. The molecule has 1 aromatic heterocycles. The fraction of sp³-hybridized carbons (Fsp3) is 0.692. The molecule has 2 fully saturated rings. The van der Waals surface area contributed by atoms with Gasteiger partial charge in [-0.15, -0.1) is 11.3 Å². The zero-order chi connectivity index (χ0) is 11.1. The standard InChI is InChI=1S/C13H20N2S/c1-10-3-4-16-13(10)9-15-7-11-5-14(2)6-12(11)8-15/h3-4,11-12H,5-9H2,1-2H3. The van der Waals surface area contributed by atoms with E-state index in [0.717, 1.165) is 11.8 Å². The number of fused-ring (bicyclic) bond motifs is 1. The molecule has 0 aromatic carbocycles. The molecule has 2 unspecified atom stereocenters. The van der Waals surface area contributed by atoms with Gasteiger partial charge in [-0.3, -0.25) is 4.90 Å². The quantitative estimate of drug-likeness (QED) is 0.775. The summed E-state index contributed by atoms with van der Waals surface area (Å²) in [5.74, 6) is 1.87. The van der Waals surface area contributed by atoms with Gasteiger partial charge >= 0.3 is 0 Å². The molecule has 3 heteroatoms. The van der Waals surface area contributed by atoms with Gasteiger partial charge < -0.3 is 4.90 Å². The van der Waals surface area contributed by atoms with Gasteiger partial charge in [0, 0.05) is 37.6 Å². The van der Waals surface area contributed by atoms with E-state index in [4.69, 9.17) is 0 Å². The van der Waals surface area contributed by atoms with Crippen LogP contribution in [-0.4, -0.2) is 43.0 Å². The van der Waals surface area contributed by atoms with Gasteiger partial charge in [0.05, 0.1) is 0 Å². The van der Waals surface area contributed by atoms with Crippen molar-refractivity contribution in [2.24, 2.45) is 11.8 Å². The molecular weight excluding hydrogens is 216 g/mol. The fourth-order valence-corrected chi connectivity index (χ4v) is 4.17. The van der Waals surface area contributed by atoms with Crippen LogP contribution >= 0.6 is 11.3 Å². The molecule has 2 aliphatic rings. The number of hydrogen-bond acceptors (Lipinski definition) is 3. The normalized spacial score (nSPS) is 31.1. The van der Waals surface area contributed by atoms with E-state index in [1.165, 1.54) is 38.3 Å². The van der Waals surface area contributed by atoms with Gasteiger partial charge in [-0.1, -0.05) is 0 Å². The lowest BCUT2D eigenvalue weighted by Crippen LogP contribution is -2.26. The summed E-state index contributed by atoms with van der Waals surface area (Å²) >= 11 is 1.91. The Morgan fingerprint density at radius 1 is 1.25 bits per heavy atom. The van der Waals surface area contributed by atoms with Crippen molar-refractivity contribution in [2.75, 3.05) is 33.2 Å². The van der Waals surface area contributed by atoms with Gasteiger partial charge in [0.2, 0.25) is 0 Å². The Hall–Kier alpha value is -0.380. The number of thiophene rings is 1. The highest BCUT2D eigenvalue weighted by molar-refractivity contribution is 7.10. The molecule has 0 radical (unpaired) electrons. The van der Waals surface area contributed by atoms with Crippen LogP contribution < -0.4 is 0 Å². The summed E-state index contributed by atoms with van der Waals surface area (Å²) in [6.45, 7) is 8.66. The Balaban J connectivity index is 1.62. The monoisotopic (exact) mass is 236 g/mol. The van der Waals surface area contributed by atoms with Crippen molar-refractivity contribution in [3.8, 4) is 0 Å². The van der Waals surface area contributed by atoms with Crippen LogP contribution in [0.15, 0.2) is 11.4 Å². The lowest BCUT2D eigenvalue weighted by molar-refractivity contribution is 0.273. The van der Waals surface area contributed by atoms with E-state index in [9.17, 15) is 0 Å². The molecule has 2 aliphatic heterocycles. The predicted molar refractivity (Wildman–Crippen MR) is 68.8 cm³/mol. The molecular formula is C13H20N2S. The summed E-state index contributed by atoms with van der Waals surface area (Å²) in [6.07, 6.45) is 0. The summed E-state index contributed by atoms with van der Waals surface area (Å²) in [5, 5.41) is 2.22. The van der Waals surface area contributed by atoms with E-state index in [0.29, 0.717) is 0 Å². The van der Waals surface area contributed by atoms with Crippen molar-refractivity contribution in [1.29, 1.82) is 0 Å². The summed E-state index contributed by atoms with van der Waals surface area (Å²) in [7, 11) is 2.26. The molecule has 3 heterocycles. The van der Waals surface area contributed by atoms with Crippen LogP contribution in [0.4, 0.5) is 0 Å². The number of nitrogens with zero attached hydrogens (tertiary/aromatic N) is 2. The van der Waals surface area contributed by atoms with Gasteiger partial charge in [-0.05, 0) is 42.8 Å². The minimum absolute atomic E-state index is 0.935. The molecule has 3 rings (SSSR count). The van der Waals surface area contributed by atoms with E-state index in [1.807, 2.05) is 11.3 Å². The average Bonchev–Trinajstić information content (AvgIpc) is 2.83. The van der Waals surface area contributed by atoms with Gasteiger partial charge in [0.15, 0.2) is 0 Å². The third-order valence-corrected chi connectivity index (χ3v) is 5.09. The summed E-state index contributed by atoms with van der Waals surface area (Å²) in [6, 6.07) is 2.24. The van der Waals surface area contributed by atoms with Crippen molar-refractivity contribution < 1.29 is 0 Å². The van der Waals surface area contributed by atoms with Crippen LogP contribution in [0.25, 0.3) is 0 Å². The molecule has 0 saturated carbocycles. The second kappa shape index (κ2) is 4.13. The first-order valence-corrected chi connectivity index (χ1v) is 7.04. The first-order chi connectivity index (χ1) is 7.72. The van der Waals surface area contributed by atoms with E-state index in [-0.39, 0.29) is 0 Å². The molecule has 16 heavy (non-hydrogen) atoms. The highest BCUT2D eigenvalue weighted by Gasteiger charge is 2.38. The third-order valence-electron chi connectivity index (χ3n) is 4.08. The van der Waals surface area contributed by atoms with Crippen molar-refractivity contribution in [3.63, 3.8) is 0 Å². The zero-order valence-electron chi connectivity index (χ0n) is 10.1. The van der Waals surface area contributed by atoms with E-state index >= 15 is 0 Å². The highest BCUT2D eigenvalue weighted by Crippen LogP contribution is 2.31. The summed E-state index contributed by atoms with van der Waals surface area (Å²) < 4.78 is 0. The van der Waals surface area contributed by atoms with Crippen LogP contribution in [0.3, 0.4) is 0 Å². The molecule has 88 valence electrons. The maximum absolute atomic E-state index is 2.65. The number of aryl methyl sites for hydroxylation is 1. The number of hydrogen-bond donors (Lipinski definition) is 0. The van der Waals surface area contributed by atoms with Crippen LogP contribution in [0, 0.1) is 18.8 Å². The SMILES string of the molecule is Cc1ccsc1CN1CC2CN(C)CC2C1. The number of likely N-dealkylation sites (tertiary alicyclic amines) is 2. The van der Waals surface area contributed by atoms with Gasteiger partial charge in [0.25, 0.3) is 0 Å². The number of rotatable bonds is 2. The molecule has 1 aromatic rings. The largest absolute Gasteiger partial charge is 0.306 e. The van der Waals surface area contributed by atoms with E-state index < -0.39 is 0 Å². The first-order valence-electron chi connectivity index (χ1n) is 6.16. The molecule has 0 N–H and O–H groups in total. The predicted octanol–water partition coefficient (Wildman–Crippen LogP) is 2.05. The smallest absolute Gasteiger partial charge is 0.0330 e. The topological polar surface area (TPSA) is 6.48 Å². The van der Waals surface area contributed by atoms with Crippen molar-refractivity contribution in [1.82, 2.24) is 9.80 Å². The second-order valence-corrected chi connectivity index (χ2v) is 6.46. The van der Waals surface area contributed by atoms with E-state index in [2.05, 4.69) is 35.2 Å². The summed E-state index contributed by atoms with van der Waals surface area (Å²) in [4.78, 5) is 6.71. The second-order valence-electron chi connectivity index (χ2n) is 5.46. The van der Waals surface area contributed by atoms with E-state index in [1.54, 1.807) is 4.88 Å². The molecule has 0 amide bonds. The highest BCUT2D eigenvalue weighted by atomic mass is 32.1. The molecule has 2 atom stereocenters. The lowest BCUT2D eigenvalue weighted by atomic mass is 10.0. The van der Waals surface area contributed by atoms with Crippen molar-refractivity contribution in [3.05, 3.63) is 21.9 Å². The summed E-state index contributed by atoms with van der Waals surface area (Å²) in [5.41, 5.74) is 1.47. The first kappa shape index (κ1) is 10.8. The lowest BCUT2D eigenvalue weighted by Gasteiger charge is -2.18. The Morgan fingerprint density at radius 3 is 2.50 bits per heavy atom. The Morgan fingerprint density at radius 2 is 1.94 bits per heavy atom. The Labute approximate surface area is 102 Å². The minimum Gasteiger partial charge on any atom is -0.306 e. The molecule has 2 saturated heterocycles. The van der Waals surface area contributed by atoms with Crippen LogP contribution in [-0.2, 0) is 6.54 Å². The Kier molecular flexibility index (Phi) is 2.78. The molecule has 0 spiro atoms. The van der Waals surface area contributed by atoms with Crippen molar-refractivity contribution in [2.45, 2.75) is 13.5 Å². The van der Waals surface area contributed by atoms with Crippen LogP contribution in [0.2, 0.25) is 0 Å². The maximum Gasteiger partial charge on any atom is 0.0330 e. The maximum atomic E-state index is 2.65. The average molecular weight is 236 g/mol. The minimum atomic E-state index is 0.935. The van der Waals surface area contributed by atoms with Crippen LogP contribution in [0.1, 0.15) is 10.4 Å². The van der Waals surface area contributed by atoms with Gasteiger partial charge in [-0.2, -0.15) is 0 Å². The van der Waals surface area contributed by atoms with Gasteiger partial charge in [0.1, 0.15) is 0 Å². The van der Waals surface area contributed by atoms with Crippen molar-refractivity contribution >= 4 is 11.3 Å². The fourth-order valence-electron chi connectivity index (χ4n) is 3.22. The Bertz CT molecular complexity index is 360. The van der Waals surface area contributed by atoms with Gasteiger partial charge in [-0.25, -0.2) is 0 Å². The van der Waals surface area contributed by atoms with Crippen LogP contribution in [0.5, 0.6) is 0 Å². The molecule has 0 bridgehead atoms. The molecule has 2 nitrogen and oxygen atoms in total. The third kappa shape index (κ3) is 1.92.